The summed E-state index contributed by atoms with van der Waals surface area (Å²) in [5.41, 5.74) is 11.7. The molecule has 1 unspecified atom stereocenters. The topological polar surface area (TPSA) is 96.3 Å². The van der Waals surface area contributed by atoms with Gasteiger partial charge in [0, 0.05) is 35.5 Å². The third-order valence-electron chi connectivity index (χ3n) is 5.90. The largest absolute Gasteiger partial charge is 0.361 e. The molecule has 0 saturated carbocycles. The Morgan fingerprint density at radius 3 is 2.42 bits per heavy atom. The average molecular weight is 432 g/mol. The first kappa shape index (κ1) is 19.4. The summed E-state index contributed by atoms with van der Waals surface area (Å²) in [5, 5.41) is 1.06. The van der Waals surface area contributed by atoms with Crippen molar-refractivity contribution in [3.8, 4) is 11.1 Å². The summed E-state index contributed by atoms with van der Waals surface area (Å²) >= 11 is 0. The highest BCUT2D eigenvalue weighted by atomic mass is 32.2. The molecule has 0 radical (unpaired) electrons. The van der Waals surface area contributed by atoms with Crippen molar-refractivity contribution in [2.75, 3.05) is 6.26 Å². The lowest BCUT2D eigenvalue weighted by atomic mass is 9.94. The predicted molar refractivity (Wildman–Crippen MR) is 120 cm³/mol. The molecule has 31 heavy (non-hydrogen) atoms. The number of nitrogens with one attached hydrogen (secondary N) is 1. The van der Waals surface area contributed by atoms with E-state index < -0.39 is 15.9 Å². The molecule has 0 fully saturated rings. The van der Waals surface area contributed by atoms with Crippen molar-refractivity contribution in [3.05, 3.63) is 89.6 Å². The van der Waals surface area contributed by atoms with E-state index in [4.69, 9.17) is 5.73 Å². The standard InChI is InChI=1S/C24H21N3O3S/c1-31(29,30)18-9-6-15(7-10-18)16-8-11-19-17(12-16)14-27(24(25)28)23(19)21-13-26-22-5-3-2-4-20(21)22/h2-13,23,26H,14H2,1H3,(H2,25,28). The number of nitrogens with two attached hydrogens (primary N) is 1. The molecule has 3 aromatic carbocycles. The number of fused-ring (bicyclic) bond motifs is 2. The van der Waals surface area contributed by atoms with Gasteiger partial charge in [-0.3, -0.25) is 0 Å². The number of primary amides is 1. The van der Waals surface area contributed by atoms with Crippen LogP contribution in [0.3, 0.4) is 0 Å². The van der Waals surface area contributed by atoms with Crippen LogP contribution in [-0.2, 0) is 16.4 Å². The lowest BCUT2D eigenvalue weighted by Gasteiger charge is -2.23. The summed E-state index contributed by atoms with van der Waals surface area (Å²) in [6.45, 7) is 0.421. The zero-order valence-corrected chi connectivity index (χ0v) is 17.7. The molecule has 0 aliphatic carbocycles. The molecule has 3 N–H and O–H groups in total. The van der Waals surface area contributed by atoms with E-state index in [-0.39, 0.29) is 10.9 Å². The number of aromatic amines is 1. The molecule has 0 bridgehead atoms. The molecule has 6 nitrogen and oxygen atoms in total. The van der Waals surface area contributed by atoms with Crippen molar-refractivity contribution in [1.29, 1.82) is 0 Å². The van der Waals surface area contributed by atoms with Gasteiger partial charge in [-0.25, -0.2) is 13.2 Å². The Hall–Kier alpha value is -3.58. The van der Waals surface area contributed by atoms with Gasteiger partial charge in [-0.2, -0.15) is 0 Å². The highest BCUT2D eigenvalue weighted by Gasteiger charge is 2.35. The average Bonchev–Trinajstić information content (AvgIpc) is 3.34. The minimum absolute atomic E-state index is 0.259. The first-order valence-electron chi connectivity index (χ1n) is 9.88. The molecule has 5 rings (SSSR count). The SMILES string of the molecule is CS(=O)(=O)c1ccc(-c2ccc3c(c2)CN(C(N)=O)C3c2c[nH]c3ccccc23)cc1. The molecule has 4 aromatic rings. The van der Waals surface area contributed by atoms with Gasteiger partial charge in [0.1, 0.15) is 0 Å². The number of urea groups is 1. The van der Waals surface area contributed by atoms with Crippen LogP contribution in [0.15, 0.2) is 77.8 Å². The Morgan fingerprint density at radius 2 is 1.71 bits per heavy atom. The van der Waals surface area contributed by atoms with Crippen molar-refractivity contribution in [2.45, 2.75) is 17.5 Å². The number of sulfone groups is 1. The smallest absolute Gasteiger partial charge is 0.315 e. The second-order valence-electron chi connectivity index (χ2n) is 7.87. The summed E-state index contributed by atoms with van der Waals surface area (Å²) in [6.07, 6.45) is 3.14. The van der Waals surface area contributed by atoms with Crippen LogP contribution in [-0.4, -0.2) is 30.6 Å². The molecule has 2 amide bonds. The fraction of sp³-hybridized carbons (Fsp3) is 0.125. The van der Waals surface area contributed by atoms with Crippen molar-refractivity contribution < 1.29 is 13.2 Å². The lowest BCUT2D eigenvalue weighted by Crippen LogP contribution is -2.34. The number of carbonyl (C=O) groups is 1. The van der Waals surface area contributed by atoms with Crippen molar-refractivity contribution in [2.24, 2.45) is 5.73 Å². The number of H-pyrrole nitrogens is 1. The number of para-hydroxylation sites is 1. The van der Waals surface area contributed by atoms with Gasteiger partial charge in [0.05, 0.1) is 10.9 Å². The number of hydrogen-bond donors (Lipinski definition) is 2. The molecule has 0 spiro atoms. The third-order valence-corrected chi connectivity index (χ3v) is 7.03. The first-order valence-corrected chi connectivity index (χ1v) is 11.8. The highest BCUT2D eigenvalue weighted by molar-refractivity contribution is 7.90. The molecule has 1 aliphatic heterocycles. The quantitative estimate of drug-likeness (QED) is 0.508. The van der Waals surface area contributed by atoms with E-state index in [1.54, 1.807) is 29.2 Å². The number of rotatable bonds is 3. The maximum Gasteiger partial charge on any atom is 0.315 e. The Bertz CT molecular complexity index is 1420. The van der Waals surface area contributed by atoms with E-state index in [0.29, 0.717) is 6.54 Å². The molecular weight excluding hydrogens is 410 g/mol. The molecule has 7 heteroatoms. The Kier molecular flexibility index (Phi) is 4.37. The number of benzene rings is 3. The second-order valence-corrected chi connectivity index (χ2v) is 9.88. The van der Waals surface area contributed by atoms with Crippen molar-refractivity contribution >= 4 is 26.8 Å². The molecule has 0 saturated heterocycles. The molecule has 1 atom stereocenters. The number of carbonyl (C=O) groups excluding carboxylic acids is 1. The van der Waals surface area contributed by atoms with Crippen LogP contribution in [0.2, 0.25) is 0 Å². The van der Waals surface area contributed by atoms with Gasteiger partial charge < -0.3 is 15.6 Å². The summed E-state index contributed by atoms with van der Waals surface area (Å²) in [4.78, 5) is 17.5. The van der Waals surface area contributed by atoms with E-state index in [2.05, 4.69) is 11.1 Å². The number of amides is 2. The maximum atomic E-state index is 12.3. The number of nitrogens with zero attached hydrogens (tertiary/aromatic N) is 1. The van der Waals surface area contributed by atoms with Crippen LogP contribution in [0.5, 0.6) is 0 Å². The fourth-order valence-electron chi connectivity index (χ4n) is 4.39. The van der Waals surface area contributed by atoms with Gasteiger partial charge in [-0.1, -0.05) is 42.5 Å². The van der Waals surface area contributed by atoms with Gasteiger partial charge in [0.2, 0.25) is 0 Å². The molecule has 2 heterocycles. The fourth-order valence-corrected chi connectivity index (χ4v) is 5.02. The predicted octanol–water partition coefficient (Wildman–Crippen LogP) is 4.22. The monoisotopic (exact) mass is 431 g/mol. The molecular formula is C24H21N3O3S. The summed E-state index contributed by atoms with van der Waals surface area (Å²) in [7, 11) is -3.24. The van der Waals surface area contributed by atoms with Crippen LogP contribution in [0.25, 0.3) is 22.0 Å². The molecule has 1 aliphatic rings. The molecule has 1 aromatic heterocycles. The van der Waals surface area contributed by atoms with Crippen LogP contribution >= 0.6 is 0 Å². The van der Waals surface area contributed by atoms with Crippen LogP contribution in [0, 0.1) is 0 Å². The number of aromatic nitrogens is 1. The van der Waals surface area contributed by atoms with E-state index >= 15 is 0 Å². The van der Waals surface area contributed by atoms with Gasteiger partial charge in [0.25, 0.3) is 0 Å². The van der Waals surface area contributed by atoms with Crippen LogP contribution < -0.4 is 5.73 Å². The lowest BCUT2D eigenvalue weighted by molar-refractivity contribution is 0.199. The highest BCUT2D eigenvalue weighted by Crippen LogP contribution is 2.42. The van der Waals surface area contributed by atoms with E-state index in [9.17, 15) is 13.2 Å². The Morgan fingerprint density at radius 1 is 1.00 bits per heavy atom. The maximum absolute atomic E-state index is 12.3. The zero-order valence-electron chi connectivity index (χ0n) is 16.9. The van der Waals surface area contributed by atoms with Gasteiger partial charge in [-0.05, 0) is 46.5 Å². The van der Waals surface area contributed by atoms with Crippen LogP contribution in [0.4, 0.5) is 4.79 Å². The zero-order chi connectivity index (χ0) is 21.8. The Balaban J connectivity index is 1.58. The third kappa shape index (κ3) is 3.27. The summed E-state index contributed by atoms with van der Waals surface area (Å²) < 4.78 is 23.4. The summed E-state index contributed by atoms with van der Waals surface area (Å²) in [5.74, 6) is 0. The van der Waals surface area contributed by atoms with E-state index in [0.717, 1.165) is 38.7 Å². The summed E-state index contributed by atoms with van der Waals surface area (Å²) in [6, 6.07) is 20.2. The van der Waals surface area contributed by atoms with Crippen molar-refractivity contribution in [1.82, 2.24) is 9.88 Å². The van der Waals surface area contributed by atoms with E-state index in [1.165, 1.54) is 6.26 Å². The minimum atomic E-state index is -3.24. The first-order chi connectivity index (χ1) is 14.8. The van der Waals surface area contributed by atoms with Crippen molar-refractivity contribution in [3.63, 3.8) is 0 Å². The van der Waals surface area contributed by atoms with E-state index in [1.807, 2.05) is 42.6 Å². The van der Waals surface area contributed by atoms with Gasteiger partial charge in [-0.15, -0.1) is 0 Å². The van der Waals surface area contributed by atoms with Crippen LogP contribution in [0.1, 0.15) is 22.7 Å². The Labute approximate surface area is 180 Å². The minimum Gasteiger partial charge on any atom is -0.361 e. The van der Waals surface area contributed by atoms with Gasteiger partial charge >= 0.3 is 6.03 Å². The normalized spacial score (nSPS) is 15.9. The second kappa shape index (κ2) is 6.99. The molecule has 156 valence electrons. The number of hydrogen-bond acceptors (Lipinski definition) is 3. The van der Waals surface area contributed by atoms with Gasteiger partial charge in [0.15, 0.2) is 9.84 Å².